The van der Waals surface area contributed by atoms with Gasteiger partial charge in [0.1, 0.15) is 4.21 Å². The van der Waals surface area contributed by atoms with Crippen molar-refractivity contribution >= 4 is 49.5 Å². The quantitative estimate of drug-likeness (QED) is 0.467. The Labute approximate surface area is 172 Å². The maximum atomic E-state index is 12.5. The average Bonchev–Trinajstić information content (AvgIpc) is 3.38. The number of thiophene rings is 1. The van der Waals surface area contributed by atoms with Crippen molar-refractivity contribution in [1.82, 2.24) is 4.57 Å². The Morgan fingerprint density at radius 1 is 1.03 bits per heavy atom. The van der Waals surface area contributed by atoms with E-state index < -0.39 is 10.0 Å². The van der Waals surface area contributed by atoms with Gasteiger partial charge in [-0.3, -0.25) is 9.52 Å². The Bertz CT molecular complexity index is 1260. The Hall–Kier alpha value is -3.10. The van der Waals surface area contributed by atoms with Crippen LogP contribution in [0.15, 0.2) is 76.4 Å². The molecule has 0 saturated carbocycles. The molecule has 0 aliphatic heterocycles. The lowest BCUT2D eigenvalue weighted by Crippen LogP contribution is -2.13. The molecule has 4 aromatic rings. The molecule has 2 heterocycles. The minimum atomic E-state index is -3.61. The van der Waals surface area contributed by atoms with Crippen molar-refractivity contribution in [3.8, 4) is 0 Å². The lowest BCUT2D eigenvalue weighted by Gasteiger charge is -2.09. The van der Waals surface area contributed by atoms with E-state index in [-0.39, 0.29) is 10.1 Å². The van der Waals surface area contributed by atoms with Crippen molar-refractivity contribution in [2.45, 2.75) is 17.7 Å². The van der Waals surface area contributed by atoms with E-state index in [0.717, 1.165) is 28.8 Å². The first-order valence-electron chi connectivity index (χ1n) is 9.03. The second-order valence-corrected chi connectivity index (χ2v) is 9.30. The van der Waals surface area contributed by atoms with Crippen molar-refractivity contribution in [1.29, 1.82) is 0 Å². The largest absolute Gasteiger partial charge is 0.348 e. The summed E-state index contributed by atoms with van der Waals surface area (Å²) in [5, 5.41) is 5.65. The Balaban J connectivity index is 1.47. The molecule has 0 spiro atoms. The molecule has 2 aromatic carbocycles. The van der Waals surface area contributed by atoms with Crippen LogP contribution in [0.1, 0.15) is 17.3 Å². The van der Waals surface area contributed by atoms with Gasteiger partial charge in [-0.2, -0.15) is 0 Å². The molecule has 0 fully saturated rings. The molecule has 0 aliphatic rings. The molecule has 0 aliphatic carbocycles. The molecule has 148 valence electrons. The molecule has 0 atom stereocenters. The molecule has 29 heavy (non-hydrogen) atoms. The molecule has 6 nitrogen and oxygen atoms in total. The van der Waals surface area contributed by atoms with Gasteiger partial charge in [-0.25, -0.2) is 8.42 Å². The number of hydrogen-bond donors (Lipinski definition) is 2. The van der Waals surface area contributed by atoms with E-state index in [2.05, 4.69) is 21.5 Å². The molecule has 0 unspecified atom stereocenters. The van der Waals surface area contributed by atoms with Gasteiger partial charge in [0.05, 0.1) is 0 Å². The van der Waals surface area contributed by atoms with Crippen LogP contribution in [-0.2, 0) is 16.6 Å². The highest BCUT2D eigenvalue weighted by Crippen LogP contribution is 2.22. The van der Waals surface area contributed by atoms with E-state index in [4.69, 9.17) is 0 Å². The molecule has 0 saturated heterocycles. The molecule has 4 rings (SSSR count). The van der Waals surface area contributed by atoms with Crippen LogP contribution in [0.3, 0.4) is 0 Å². The minimum Gasteiger partial charge on any atom is -0.348 e. The second-order valence-electron chi connectivity index (χ2n) is 6.44. The van der Waals surface area contributed by atoms with Crippen molar-refractivity contribution < 1.29 is 13.2 Å². The number of aryl methyl sites for hydroxylation is 1. The Morgan fingerprint density at radius 2 is 1.79 bits per heavy atom. The molecule has 2 N–H and O–H groups in total. The van der Waals surface area contributed by atoms with Crippen molar-refractivity contribution in [2.75, 3.05) is 10.0 Å². The summed E-state index contributed by atoms with van der Waals surface area (Å²) >= 11 is 1.15. The standard InChI is InChI=1S/C21H19N3O3S2/c1-2-24-12-11-16-14-18(9-10-19(16)24)22-21(25)15-5-7-17(8-6-15)23-29(26,27)20-4-3-13-28-20/h3-14,23H,2H2,1H3,(H,22,25). The summed E-state index contributed by atoms with van der Waals surface area (Å²) in [5.74, 6) is -0.257. The van der Waals surface area contributed by atoms with Crippen molar-refractivity contribution in [2.24, 2.45) is 0 Å². The fraction of sp³-hybridized carbons (Fsp3) is 0.0952. The summed E-state index contributed by atoms with van der Waals surface area (Å²) in [6.45, 7) is 2.97. The van der Waals surface area contributed by atoms with E-state index in [1.54, 1.807) is 41.8 Å². The molecule has 2 aromatic heterocycles. The predicted octanol–water partition coefficient (Wildman–Crippen LogP) is 4.78. The van der Waals surface area contributed by atoms with Crippen LogP contribution in [0.4, 0.5) is 11.4 Å². The smallest absolute Gasteiger partial charge is 0.271 e. The number of aromatic nitrogens is 1. The van der Waals surface area contributed by atoms with E-state index in [0.29, 0.717) is 16.9 Å². The van der Waals surface area contributed by atoms with E-state index in [1.807, 2.05) is 30.5 Å². The lowest BCUT2D eigenvalue weighted by molar-refractivity contribution is 0.102. The third-order valence-electron chi connectivity index (χ3n) is 4.53. The van der Waals surface area contributed by atoms with Gasteiger partial charge >= 0.3 is 0 Å². The molecule has 1 amide bonds. The second kappa shape index (κ2) is 7.73. The van der Waals surface area contributed by atoms with E-state index in [1.165, 1.54) is 0 Å². The predicted molar refractivity (Wildman–Crippen MR) is 117 cm³/mol. The third-order valence-corrected chi connectivity index (χ3v) is 7.31. The third kappa shape index (κ3) is 4.03. The number of amides is 1. The highest BCUT2D eigenvalue weighted by atomic mass is 32.2. The van der Waals surface area contributed by atoms with Gasteiger partial charge in [0.15, 0.2) is 0 Å². The number of carbonyl (C=O) groups is 1. The number of nitrogens with zero attached hydrogens (tertiary/aromatic N) is 1. The van der Waals surface area contributed by atoms with Gasteiger partial charge in [-0.1, -0.05) is 6.07 Å². The zero-order valence-electron chi connectivity index (χ0n) is 15.6. The van der Waals surface area contributed by atoms with Crippen molar-refractivity contribution in [3.05, 3.63) is 77.8 Å². The van der Waals surface area contributed by atoms with Gasteiger partial charge in [-0.15, -0.1) is 11.3 Å². The maximum Gasteiger partial charge on any atom is 0.271 e. The summed E-state index contributed by atoms with van der Waals surface area (Å²) < 4.78 is 29.4. The Kier molecular flexibility index (Phi) is 5.12. The van der Waals surface area contributed by atoms with Crippen LogP contribution in [0, 0.1) is 0 Å². The van der Waals surface area contributed by atoms with Crippen LogP contribution in [0.5, 0.6) is 0 Å². The molecule has 0 radical (unpaired) electrons. The topological polar surface area (TPSA) is 80.2 Å². The normalized spacial score (nSPS) is 11.5. The van der Waals surface area contributed by atoms with Gasteiger partial charge < -0.3 is 9.88 Å². The summed E-state index contributed by atoms with van der Waals surface area (Å²) in [7, 11) is -3.61. The van der Waals surface area contributed by atoms with Gasteiger partial charge in [0.25, 0.3) is 15.9 Å². The number of fused-ring (bicyclic) bond motifs is 1. The monoisotopic (exact) mass is 425 g/mol. The first-order chi connectivity index (χ1) is 14.0. The molecular weight excluding hydrogens is 406 g/mol. The van der Waals surface area contributed by atoms with Crippen LogP contribution in [-0.4, -0.2) is 18.9 Å². The van der Waals surface area contributed by atoms with E-state index in [9.17, 15) is 13.2 Å². The maximum absolute atomic E-state index is 12.5. The first kappa shape index (κ1) is 19.2. The van der Waals surface area contributed by atoms with Gasteiger partial charge in [0.2, 0.25) is 0 Å². The zero-order chi connectivity index (χ0) is 20.4. The summed E-state index contributed by atoms with van der Waals surface area (Å²) in [6.07, 6.45) is 2.02. The summed E-state index contributed by atoms with van der Waals surface area (Å²) in [4.78, 5) is 12.5. The highest BCUT2D eigenvalue weighted by molar-refractivity contribution is 7.94. The van der Waals surface area contributed by atoms with Crippen LogP contribution < -0.4 is 10.0 Å². The van der Waals surface area contributed by atoms with Crippen LogP contribution >= 0.6 is 11.3 Å². The number of carbonyl (C=O) groups excluding carboxylic acids is 1. The molecule has 8 heteroatoms. The Morgan fingerprint density at radius 3 is 2.48 bits per heavy atom. The fourth-order valence-corrected chi connectivity index (χ4v) is 5.12. The van der Waals surface area contributed by atoms with Crippen molar-refractivity contribution in [3.63, 3.8) is 0 Å². The number of sulfonamides is 1. The number of anilines is 2. The number of hydrogen-bond acceptors (Lipinski definition) is 4. The first-order valence-corrected chi connectivity index (χ1v) is 11.4. The minimum absolute atomic E-state index is 0.242. The summed E-state index contributed by atoms with van der Waals surface area (Å²) in [5.41, 5.74) is 2.67. The number of rotatable bonds is 6. The van der Waals surface area contributed by atoms with Crippen LogP contribution in [0.2, 0.25) is 0 Å². The van der Waals surface area contributed by atoms with E-state index >= 15 is 0 Å². The fourth-order valence-electron chi connectivity index (χ4n) is 3.07. The lowest BCUT2D eigenvalue weighted by atomic mass is 10.2. The molecule has 0 bridgehead atoms. The SMILES string of the molecule is CCn1ccc2cc(NC(=O)c3ccc(NS(=O)(=O)c4cccs4)cc3)ccc21. The number of nitrogens with one attached hydrogen (secondary N) is 2. The highest BCUT2D eigenvalue weighted by Gasteiger charge is 2.15. The number of benzene rings is 2. The summed E-state index contributed by atoms with van der Waals surface area (Å²) in [6, 6.07) is 17.4. The van der Waals surface area contributed by atoms with Gasteiger partial charge in [-0.05, 0) is 66.9 Å². The zero-order valence-corrected chi connectivity index (χ0v) is 17.3. The van der Waals surface area contributed by atoms with Crippen LogP contribution in [0.25, 0.3) is 10.9 Å². The molecular formula is C21H19N3O3S2. The average molecular weight is 426 g/mol. The van der Waals surface area contributed by atoms with Gasteiger partial charge in [0, 0.05) is 40.6 Å².